The zero-order chi connectivity index (χ0) is 20.6. The number of ketones is 1. The van der Waals surface area contributed by atoms with Crippen LogP contribution in [0, 0.1) is 19.7 Å². The topological polar surface area (TPSA) is 59.4 Å². The number of hydrogen-bond donors (Lipinski definition) is 0. The molecule has 3 rings (SSSR count). The highest BCUT2D eigenvalue weighted by Crippen LogP contribution is 2.29. The minimum Gasteiger partial charge on any atom is -0.344 e. The summed E-state index contributed by atoms with van der Waals surface area (Å²) in [6, 6.07) is 6.21. The van der Waals surface area contributed by atoms with Crippen molar-refractivity contribution in [1.29, 1.82) is 0 Å². The molecule has 0 unspecified atom stereocenters. The second kappa shape index (κ2) is 7.97. The van der Waals surface area contributed by atoms with Crippen molar-refractivity contribution in [1.82, 2.24) is 9.47 Å². The van der Waals surface area contributed by atoms with Gasteiger partial charge in [-0.1, -0.05) is 17.7 Å². The zero-order valence-corrected chi connectivity index (χ0v) is 17.8. The molecule has 1 fully saturated rings. The van der Waals surface area contributed by atoms with Gasteiger partial charge in [-0.2, -0.15) is 0 Å². The van der Waals surface area contributed by atoms with Crippen molar-refractivity contribution in [3.05, 3.63) is 57.6 Å². The Morgan fingerprint density at radius 1 is 1.36 bits per heavy atom. The molecule has 5 nitrogen and oxygen atoms in total. The van der Waals surface area contributed by atoms with Gasteiger partial charge in [0.2, 0.25) is 0 Å². The van der Waals surface area contributed by atoms with Crippen LogP contribution in [-0.2, 0) is 16.4 Å². The third kappa shape index (κ3) is 4.31. The average molecular weight is 427 g/mol. The van der Waals surface area contributed by atoms with E-state index in [9.17, 15) is 17.6 Å². The maximum absolute atomic E-state index is 14.0. The van der Waals surface area contributed by atoms with Gasteiger partial charge in [-0.05, 0) is 45.5 Å². The van der Waals surface area contributed by atoms with Gasteiger partial charge in [-0.15, -0.1) is 0 Å². The molecule has 0 radical (unpaired) electrons. The van der Waals surface area contributed by atoms with Gasteiger partial charge in [-0.25, -0.2) is 12.8 Å². The highest BCUT2D eigenvalue weighted by atomic mass is 35.5. The molecule has 1 aliphatic rings. The first-order valence-corrected chi connectivity index (χ1v) is 11.3. The molecule has 0 N–H and O–H groups in total. The van der Waals surface area contributed by atoms with E-state index in [1.54, 1.807) is 24.1 Å². The fourth-order valence-corrected chi connectivity index (χ4v) is 5.86. The van der Waals surface area contributed by atoms with Gasteiger partial charge in [0.15, 0.2) is 15.6 Å². The van der Waals surface area contributed by atoms with Crippen LogP contribution in [0.3, 0.4) is 0 Å². The molecule has 0 bridgehead atoms. The highest BCUT2D eigenvalue weighted by molar-refractivity contribution is 7.91. The number of halogens is 2. The first kappa shape index (κ1) is 21.0. The second-order valence-electron chi connectivity index (χ2n) is 7.51. The van der Waals surface area contributed by atoms with Crippen molar-refractivity contribution in [2.45, 2.75) is 32.9 Å². The van der Waals surface area contributed by atoms with Crippen LogP contribution >= 0.6 is 11.6 Å². The van der Waals surface area contributed by atoms with Gasteiger partial charge < -0.3 is 4.57 Å². The summed E-state index contributed by atoms with van der Waals surface area (Å²) in [6.45, 7) is 4.06. The van der Waals surface area contributed by atoms with Crippen molar-refractivity contribution in [3.8, 4) is 0 Å². The van der Waals surface area contributed by atoms with E-state index < -0.39 is 15.7 Å². The summed E-state index contributed by atoms with van der Waals surface area (Å²) in [7, 11) is -1.27. The Hall–Kier alpha value is -1.70. The summed E-state index contributed by atoms with van der Waals surface area (Å²) >= 11 is 6.07. The van der Waals surface area contributed by atoms with Crippen molar-refractivity contribution in [2.24, 2.45) is 0 Å². The van der Waals surface area contributed by atoms with Crippen molar-refractivity contribution in [2.75, 3.05) is 25.1 Å². The number of Topliss-reactive ketones (excluding diaryl/α,β-unsaturated/α-hetero) is 1. The number of likely N-dealkylation sites (N-methyl/N-ethyl adjacent to an activating group) is 1. The molecule has 0 aliphatic carbocycles. The molecule has 1 aromatic carbocycles. The molecule has 0 amide bonds. The van der Waals surface area contributed by atoms with E-state index in [-0.39, 0.29) is 36.4 Å². The number of aryl methyl sites for hydroxylation is 1. The molecule has 1 aromatic heterocycles. The minimum atomic E-state index is -3.01. The van der Waals surface area contributed by atoms with Gasteiger partial charge >= 0.3 is 0 Å². The number of rotatable bonds is 6. The Kier molecular flexibility index (Phi) is 5.98. The number of sulfone groups is 1. The smallest absolute Gasteiger partial charge is 0.178 e. The van der Waals surface area contributed by atoms with E-state index in [1.165, 1.54) is 6.07 Å². The van der Waals surface area contributed by atoms with Gasteiger partial charge in [0, 0.05) is 40.1 Å². The van der Waals surface area contributed by atoms with Crippen molar-refractivity contribution < 1.29 is 17.6 Å². The van der Waals surface area contributed by atoms with Crippen LogP contribution in [0.15, 0.2) is 24.3 Å². The maximum atomic E-state index is 14.0. The van der Waals surface area contributed by atoms with Crippen LogP contribution in [0.1, 0.15) is 39.8 Å². The fourth-order valence-electron chi connectivity index (χ4n) is 3.94. The van der Waals surface area contributed by atoms with Crippen LogP contribution in [0.4, 0.5) is 4.39 Å². The molecule has 1 saturated heterocycles. The first-order chi connectivity index (χ1) is 13.1. The molecule has 2 heterocycles. The van der Waals surface area contributed by atoms with E-state index in [4.69, 9.17) is 11.6 Å². The third-order valence-corrected chi connectivity index (χ3v) is 7.37. The Balaban J connectivity index is 1.75. The largest absolute Gasteiger partial charge is 0.344 e. The van der Waals surface area contributed by atoms with Gasteiger partial charge in [0.25, 0.3) is 0 Å². The standard InChI is InChI=1S/C20H24ClFN2O3S/c1-13-9-16(14(2)24(13)15-7-8-28(26,27)12-15)20(25)11-23(3)10-17-18(21)5-4-6-19(17)22/h4-6,9,15H,7-8,10-12H2,1-3H3/t15-/m1/s1. The monoisotopic (exact) mass is 426 g/mol. The van der Waals surface area contributed by atoms with Crippen LogP contribution in [0.5, 0.6) is 0 Å². The molecular formula is C20H24ClFN2O3S. The summed E-state index contributed by atoms with van der Waals surface area (Å²) in [4.78, 5) is 14.6. The maximum Gasteiger partial charge on any atom is 0.178 e. The molecule has 1 aliphatic heterocycles. The lowest BCUT2D eigenvalue weighted by molar-refractivity contribution is 0.0941. The summed E-state index contributed by atoms with van der Waals surface area (Å²) in [5.74, 6) is -0.185. The molecule has 2 aromatic rings. The summed E-state index contributed by atoms with van der Waals surface area (Å²) in [5.41, 5.74) is 2.60. The average Bonchev–Trinajstić information content (AvgIpc) is 3.09. The summed E-state index contributed by atoms with van der Waals surface area (Å²) in [6.07, 6.45) is 0.567. The van der Waals surface area contributed by atoms with Crippen LogP contribution in [0.25, 0.3) is 0 Å². The normalized spacial score (nSPS) is 18.7. The SMILES string of the molecule is Cc1cc(C(=O)CN(C)Cc2c(F)cccc2Cl)c(C)n1[C@@H]1CCS(=O)(=O)C1. The Bertz CT molecular complexity index is 996. The van der Waals surface area contributed by atoms with Crippen LogP contribution in [-0.4, -0.2) is 48.8 Å². The van der Waals surface area contributed by atoms with E-state index in [2.05, 4.69) is 0 Å². The summed E-state index contributed by atoms with van der Waals surface area (Å²) < 4.78 is 39.6. The van der Waals surface area contributed by atoms with Gasteiger partial charge in [0.1, 0.15) is 5.82 Å². The molecule has 1 atom stereocenters. The van der Waals surface area contributed by atoms with Crippen molar-refractivity contribution >= 4 is 27.2 Å². The molecule has 8 heteroatoms. The number of carbonyl (C=O) groups excluding carboxylic acids is 1. The third-order valence-electron chi connectivity index (χ3n) is 5.26. The predicted octanol–water partition coefficient (Wildman–Crippen LogP) is 3.57. The molecule has 0 saturated carbocycles. The Labute approximate surface area is 170 Å². The Morgan fingerprint density at radius 2 is 2.07 bits per heavy atom. The van der Waals surface area contributed by atoms with E-state index in [1.807, 2.05) is 24.5 Å². The number of nitrogens with zero attached hydrogens (tertiary/aromatic N) is 2. The Morgan fingerprint density at radius 3 is 2.68 bits per heavy atom. The number of carbonyl (C=O) groups is 1. The molecule has 0 spiro atoms. The van der Waals surface area contributed by atoms with Crippen molar-refractivity contribution in [3.63, 3.8) is 0 Å². The minimum absolute atomic E-state index is 0.0878. The van der Waals surface area contributed by atoms with Crippen LogP contribution in [0.2, 0.25) is 5.02 Å². The zero-order valence-electron chi connectivity index (χ0n) is 16.2. The number of aromatic nitrogens is 1. The highest BCUT2D eigenvalue weighted by Gasteiger charge is 2.31. The quantitative estimate of drug-likeness (QED) is 0.662. The first-order valence-electron chi connectivity index (χ1n) is 9.12. The second-order valence-corrected chi connectivity index (χ2v) is 10.1. The number of hydrogen-bond acceptors (Lipinski definition) is 4. The fraction of sp³-hybridized carbons (Fsp3) is 0.450. The molecular weight excluding hydrogens is 403 g/mol. The van der Waals surface area contributed by atoms with Gasteiger partial charge in [0.05, 0.1) is 18.1 Å². The van der Waals surface area contributed by atoms with Crippen LogP contribution < -0.4 is 0 Å². The van der Waals surface area contributed by atoms with E-state index >= 15 is 0 Å². The predicted molar refractivity (Wildman–Crippen MR) is 108 cm³/mol. The lowest BCUT2D eigenvalue weighted by Crippen LogP contribution is -2.26. The van der Waals surface area contributed by atoms with E-state index in [0.717, 1.165) is 11.4 Å². The van der Waals surface area contributed by atoms with Gasteiger partial charge in [-0.3, -0.25) is 9.69 Å². The summed E-state index contributed by atoms with van der Waals surface area (Å²) in [5, 5.41) is 0.333. The van der Waals surface area contributed by atoms with E-state index in [0.29, 0.717) is 22.6 Å². The number of benzene rings is 1. The lowest BCUT2D eigenvalue weighted by atomic mass is 10.1. The molecule has 28 heavy (non-hydrogen) atoms. The lowest BCUT2D eigenvalue weighted by Gasteiger charge is -2.18. The molecule has 152 valence electrons.